The SMILES string of the molecule is COc1ccc(CCNC(=O)C(C)(C)C)cc1. The van der Waals surface area contributed by atoms with Crippen molar-refractivity contribution in [2.24, 2.45) is 5.41 Å². The van der Waals surface area contributed by atoms with Gasteiger partial charge in [0.2, 0.25) is 5.91 Å². The number of nitrogens with one attached hydrogen (secondary N) is 1. The molecule has 0 aliphatic rings. The molecule has 1 aromatic carbocycles. The Morgan fingerprint density at radius 2 is 1.82 bits per heavy atom. The molecule has 0 saturated heterocycles. The topological polar surface area (TPSA) is 38.3 Å². The van der Waals surface area contributed by atoms with Crippen LogP contribution in [-0.2, 0) is 11.2 Å². The quantitative estimate of drug-likeness (QED) is 0.870. The zero-order valence-corrected chi connectivity index (χ0v) is 11.0. The monoisotopic (exact) mass is 235 g/mol. The smallest absolute Gasteiger partial charge is 0.225 e. The van der Waals surface area contributed by atoms with Gasteiger partial charge in [0.15, 0.2) is 0 Å². The molecule has 0 unspecified atom stereocenters. The standard InChI is InChI=1S/C14H21NO2/c1-14(2,3)13(16)15-10-9-11-5-7-12(17-4)8-6-11/h5-8H,9-10H2,1-4H3,(H,15,16). The number of benzene rings is 1. The van der Waals surface area contributed by atoms with Gasteiger partial charge in [-0.1, -0.05) is 32.9 Å². The van der Waals surface area contributed by atoms with Crippen molar-refractivity contribution in [2.45, 2.75) is 27.2 Å². The number of amides is 1. The summed E-state index contributed by atoms with van der Waals surface area (Å²) in [5.41, 5.74) is 0.875. The Balaban J connectivity index is 2.38. The van der Waals surface area contributed by atoms with Crippen molar-refractivity contribution in [1.29, 1.82) is 0 Å². The molecular weight excluding hydrogens is 214 g/mol. The van der Waals surface area contributed by atoms with E-state index in [2.05, 4.69) is 5.32 Å². The molecule has 0 aliphatic carbocycles. The number of ether oxygens (including phenoxy) is 1. The molecule has 1 rings (SSSR count). The average molecular weight is 235 g/mol. The van der Waals surface area contributed by atoms with Crippen LogP contribution in [0.2, 0.25) is 0 Å². The molecule has 0 aromatic heterocycles. The highest BCUT2D eigenvalue weighted by atomic mass is 16.5. The van der Waals surface area contributed by atoms with Gasteiger partial charge in [0.1, 0.15) is 5.75 Å². The fraction of sp³-hybridized carbons (Fsp3) is 0.500. The second-order valence-electron chi connectivity index (χ2n) is 5.10. The first kappa shape index (κ1) is 13.6. The highest BCUT2D eigenvalue weighted by Gasteiger charge is 2.20. The normalized spacial score (nSPS) is 11.1. The van der Waals surface area contributed by atoms with Gasteiger partial charge in [0.25, 0.3) is 0 Å². The van der Waals surface area contributed by atoms with Gasteiger partial charge in [-0.15, -0.1) is 0 Å². The summed E-state index contributed by atoms with van der Waals surface area (Å²) in [4.78, 5) is 11.6. The third kappa shape index (κ3) is 4.47. The van der Waals surface area contributed by atoms with E-state index in [1.54, 1.807) is 7.11 Å². The van der Waals surface area contributed by atoms with E-state index in [4.69, 9.17) is 4.74 Å². The van der Waals surface area contributed by atoms with Crippen molar-refractivity contribution in [3.8, 4) is 5.75 Å². The third-order valence-electron chi connectivity index (χ3n) is 2.54. The Morgan fingerprint density at radius 1 is 1.24 bits per heavy atom. The van der Waals surface area contributed by atoms with Crippen LogP contribution in [0, 0.1) is 5.41 Å². The number of hydrogen-bond acceptors (Lipinski definition) is 2. The highest BCUT2D eigenvalue weighted by Crippen LogP contribution is 2.13. The van der Waals surface area contributed by atoms with Crippen LogP contribution in [0.5, 0.6) is 5.75 Å². The van der Waals surface area contributed by atoms with Crippen LogP contribution >= 0.6 is 0 Å². The molecule has 0 aliphatic heterocycles. The minimum Gasteiger partial charge on any atom is -0.497 e. The van der Waals surface area contributed by atoms with Crippen LogP contribution in [0.1, 0.15) is 26.3 Å². The van der Waals surface area contributed by atoms with Crippen LogP contribution in [0.3, 0.4) is 0 Å². The van der Waals surface area contributed by atoms with E-state index in [0.717, 1.165) is 12.2 Å². The molecule has 0 spiro atoms. The van der Waals surface area contributed by atoms with E-state index in [0.29, 0.717) is 6.54 Å². The first-order valence-corrected chi connectivity index (χ1v) is 5.84. The lowest BCUT2D eigenvalue weighted by Crippen LogP contribution is -2.35. The van der Waals surface area contributed by atoms with Crippen LogP contribution in [0.4, 0.5) is 0 Å². The molecule has 0 fully saturated rings. The predicted octanol–water partition coefficient (Wildman–Crippen LogP) is 2.40. The maximum absolute atomic E-state index is 11.6. The number of hydrogen-bond donors (Lipinski definition) is 1. The first-order chi connectivity index (χ1) is 7.93. The lowest BCUT2D eigenvalue weighted by Gasteiger charge is -2.17. The van der Waals surface area contributed by atoms with Crippen LogP contribution in [0.15, 0.2) is 24.3 Å². The maximum atomic E-state index is 11.6. The lowest BCUT2D eigenvalue weighted by atomic mass is 9.95. The average Bonchev–Trinajstić information content (AvgIpc) is 2.28. The van der Waals surface area contributed by atoms with Gasteiger partial charge in [-0.25, -0.2) is 0 Å². The summed E-state index contributed by atoms with van der Waals surface area (Å²) >= 11 is 0. The summed E-state index contributed by atoms with van der Waals surface area (Å²) in [6.45, 7) is 6.41. The Morgan fingerprint density at radius 3 is 2.29 bits per heavy atom. The molecule has 0 atom stereocenters. The molecule has 0 radical (unpaired) electrons. The summed E-state index contributed by atoms with van der Waals surface area (Å²) in [5.74, 6) is 0.943. The second kappa shape index (κ2) is 5.71. The van der Waals surface area contributed by atoms with E-state index < -0.39 is 0 Å². The molecule has 3 nitrogen and oxygen atoms in total. The van der Waals surface area contributed by atoms with Gasteiger partial charge >= 0.3 is 0 Å². The van der Waals surface area contributed by atoms with Gasteiger partial charge in [-0.05, 0) is 24.1 Å². The van der Waals surface area contributed by atoms with Crippen molar-refractivity contribution in [3.05, 3.63) is 29.8 Å². The summed E-state index contributed by atoms with van der Waals surface area (Å²) in [6.07, 6.45) is 0.839. The third-order valence-corrected chi connectivity index (χ3v) is 2.54. The number of carbonyl (C=O) groups is 1. The highest BCUT2D eigenvalue weighted by molar-refractivity contribution is 5.81. The van der Waals surface area contributed by atoms with Crippen LogP contribution in [-0.4, -0.2) is 19.6 Å². The minimum atomic E-state index is -0.320. The van der Waals surface area contributed by atoms with Crippen LogP contribution in [0.25, 0.3) is 0 Å². The Kier molecular flexibility index (Phi) is 4.55. The molecule has 1 aromatic rings. The van der Waals surface area contributed by atoms with Gasteiger partial charge in [-0.3, -0.25) is 4.79 Å². The molecule has 0 saturated carbocycles. The van der Waals surface area contributed by atoms with E-state index in [-0.39, 0.29) is 11.3 Å². The van der Waals surface area contributed by atoms with Gasteiger partial charge < -0.3 is 10.1 Å². The summed E-state index contributed by atoms with van der Waals surface area (Å²) in [7, 11) is 1.65. The molecular formula is C14H21NO2. The summed E-state index contributed by atoms with van der Waals surface area (Å²) < 4.78 is 5.09. The Hall–Kier alpha value is -1.51. The van der Waals surface area contributed by atoms with Crippen molar-refractivity contribution < 1.29 is 9.53 Å². The zero-order valence-electron chi connectivity index (χ0n) is 11.0. The zero-order chi connectivity index (χ0) is 12.9. The predicted molar refractivity (Wildman–Crippen MR) is 69.2 cm³/mol. The molecule has 0 heterocycles. The molecule has 3 heteroatoms. The summed E-state index contributed by atoms with van der Waals surface area (Å²) in [5, 5.41) is 2.93. The minimum absolute atomic E-state index is 0.0889. The molecule has 94 valence electrons. The number of rotatable bonds is 4. The van der Waals surface area contributed by atoms with E-state index in [1.165, 1.54) is 5.56 Å². The van der Waals surface area contributed by atoms with Crippen molar-refractivity contribution >= 4 is 5.91 Å². The van der Waals surface area contributed by atoms with E-state index in [9.17, 15) is 4.79 Å². The fourth-order valence-electron chi connectivity index (χ4n) is 1.38. The summed E-state index contributed by atoms with van der Waals surface area (Å²) in [6, 6.07) is 7.89. The fourth-order valence-corrected chi connectivity index (χ4v) is 1.38. The van der Waals surface area contributed by atoms with Gasteiger partial charge in [0, 0.05) is 12.0 Å². The molecule has 1 amide bonds. The van der Waals surface area contributed by atoms with Crippen molar-refractivity contribution in [3.63, 3.8) is 0 Å². The maximum Gasteiger partial charge on any atom is 0.225 e. The Labute approximate surface area is 103 Å². The van der Waals surface area contributed by atoms with E-state index >= 15 is 0 Å². The molecule has 17 heavy (non-hydrogen) atoms. The Bertz CT molecular complexity index is 363. The van der Waals surface area contributed by atoms with Crippen molar-refractivity contribution in [2.75, 3.05) is 13.7 Å². The number of carbonyl (C=O) groups excluding carboxylic acids is 1. The largest absolute Gasteiger partial charge is 0.497 e. The second-order valence-corrected chi connectivity index (χ2v) is 5.10. The molecule has 1 N–H and O–H groups in total. The first-order valence-electron chi connectivity index (χ1n) is 5.84. The van der Waals surface area contributed by atoms with Crippen molar-refractivity contribution in [1.82, 2.24) is 5.32 Å². The van der Waals surface area contributed by atoms with Gasteiger partial charge in [0.05, 0.1) is 7.11 Å². The lowest BCUT2D eigenvalue weighted by molar-refractivity contribution is -0.128. The number of methoxy groups -OCH3 is 1. The molecule has 0 bridgehead atoms. The van der Waals surface area contributed by atoms with Crippen LogP contribution < -0.4 is 10.1 Å². The van der Waals surface area contributed by atoms with E-state index in [1.807, 2.05) is 45.0 Å². The van der Waals surface area contributed by atoms with Gasteiger partial charge in [-0.2, -0.15) is 0 Å².